The Morgan fingerprint density at radius 2 is 1.89 bits per heavy atom. The van der Waals surface area contributed by atoms with Gasteiger partial charge in [-0.3, -0.25) is 0 Å². The molecule has 0 spiro atoms. The van der Waals surface area contributed by atoms with Crippen molar-refractivity contribution in [3.05, 3.63) is 76.1 Å². The number of hydrogen-bond donors (Lipinski definition) is 1. The second-order valence-corrected chi connectivity index (χ2v) is 5.77. The van der Waals surface area contributed by atoms with E-state index in [-0.39, 0.29) is 18.9 Å². The third kappa shape index (κ3) is 4.52. The highest BCUT2D eigenvalue weighted by molar-refractivity contribution is 6.01. The summed E-state index contributed by atoms with van der Waals surface area (Å²) in [5, 5.41) is 13.0. The molecular formula is C20H17NO6. The summed E-state index contributed by atoms with van der Waals surface area (Å²) in [6.07, 6.45) is 0. The van der Waals surface area contributed by atoms with Crippen molar-refractivity contribution in [2.45, 2.75) is 6.92 Å². The van der Waals surface area contributed by atoms with Crippen molar-refractivity contribution >= 4 is 22.7 Å². The highest BCUT2D eigenvalue weighted by Crippen LogP contribution is 2.22. The standard InChI is InChI=1S/C20H17NO6/c1-13-9-19(22)27-18-10-15(7-8-16(13)18)25-12-20(23)26-11-17(21-24)14-5-3-2-4-6-14/h2-10,24H,11-12H2,1H3/b21-17-. The van der Waals surface area contributed by atoms with Crippen LogP contribution in [0.3, 0.4) is 0 Å². The minimum absolute atomic E-state index is 0.186. The molecule has 1 aromatic heterocycles. The van der Waals surface area contributed by atoms with E-state index < -0.39 is 11.6 Å². The molecule has 0 atom stereocenters. The molecule has 0 aliphatic heterocycles. The number of fused-ring (bicyclic) bond motifs is 1. The van der Waals surface area contributed by atoms with E-state index in [2.05, 4.69) is 5.16 Å². The van der Waals surface area contributed by atoms with Crippen LogP contribution in [0.25, 0.3) is 11.0 Å². The molecule has 0 saturated heterocycles. The molecule has 7 heteroatoms. The summed E-state index contributed by atoms with van der Waals surface area (Å²) in [5.74, 6) is -0.259. The Morgan fingerprint density at radius 1 is 1.11 bits per heavy atom. The van der Waals surface area contributed by atoms with Crippen molar-refractivity contribution in [2.75, 3.05) is 13.2 Å². The Kier molecular flexibility index (Phi) is 5.51. The maximum Gasteiger partial charge on any atom is 0.344 e. The van der Waals surface area contributed by atoms with Gasteiger partial charge in [0.25, 0.3) is 0 Å². The second-order valence-electron chi connectivity index (χ2n) is 5.77. The average molecular weight is 367 g/mol. The summed E-state index contributed by atoms with van der Waals surface area (Å²) in [6.45, 7) is 1.29. The topological polar surface area (TPSA) is 98.3 Å². The summed E-state index contributed by atoms with van der Waals surface area (Å²) >= 11 is 0. The molecule has 0 bridgehead atoms. The highest BCUT2D eigenvalue weighted by atomic mass is 16.6. The summed E-state index contributed by atoms with van der Waals surface area (Å²) in [6, 6.07) is 15.2. The zero-order valence-electron chi connectivity index (χ0n) is 14.5. The smallest absolute Gasteiger partial charge is 0.344 e. The first-order valence-electron chi connectivity index (χ1n) is 8.16. The van der Waals surface area contributed by atoms with Crippen molar-refractivity contribution in [3.63, 3.8) is 0 Å². The van der Waals surface area contributed by atoms with E-state index in [1.165, 1.54) is 6.07 Å². The Balaban J connectivity index is 1.59. The van der Waals surface area contributed by atoms with Gasteiger partial charge in [-0.25, -0.2) is 9.59 Å². The monoisotopic (exact) mass is 367 g/mol. The molecule has 3 aromatic rings. The lowest BCUT2D eigenvalue weighted by molar-refractivity contribution is -0.144. The number of carbonyl (C=O) groups is 1. The fourth-order valence-corrected chi connectivity index (χ4v) is 2.53. The van der Waals surface area contributed by atoms with Crippen LogP contribution in [-0.2, 0) is 9.53 Å². The zero-order chi connectivity index (χ0) is 19.2. The molecule has 0 aliphatic carbocycles. The van der Waals surface area contributed by atoms with Gasteiger partial charge >= 0.3 is 11.6 Å². The fraction of sp³-hybridized carbons (Fsp3) is 0.150. The van der Waals surface area contributed by atoms with Crippen LogP contribution in [0.1, 0.15) is 11.1 Å². The number of carbonyl (C=O) groups excluding carboxylic acids is 1. The van der Waals surface area contributed by atoms with Crippen molar-refractivity contribution < 1.29 is 23.9 Å². The maximum atomic E-state index is 11.9. The first-order chi connectivity index (χ1) is 13.1. The molecule has 0 aliphatic rings. The van der Waals surface area contributed by atoms with Gasteiger partial charge < -0.3 is 19.1 Å². The van der Waals surface area contributed by atoms with Crippen molar-refractivity contribution in [1.82, 2.24) is 0 Å². The molecule has 0 amide bonds. The van der Waals surface area contributed by atoms with E-state index in [0.29, 0.717) is 16.9 Å². The maximum absolute atomic E-state index is 11.9. The molecule has 0 saturated carbocycles. The van der Waals surface area contributed by atoms with Gasteiger partial charge in [-0.1, -0.05) is 35.5 Å². The normalized spacial score (nSPS) is 11.4. The van der Waals surface area contributed by atoms with E-state index in [9.17, 15) is 9.59 Å². The van der Waals surface area contributed by atoms with Gasteiger partial charge in [0.05, 0.1) is 0 Å². The van der Waals surface area contributed by atoms with Crippen LogP contribution in [0.4, 0.5) is 0 Å². The molecule has 3 rings (SSSR count). The van der Waals surface area contributed by atoms with Crippen LogP contribution in [0, 0.1) is 6.92 Å². The van der Waals surface area contributed by atoms with Crippen molar-refractivity contribution in [1.29, 1.82) is 0 Å². The van der Waals surface area contributed by atoms with Gasteiger partial charge in [0.2, 0.25) is 0 Å². The van der Waals surface area contributed by atoms with Gasteiger partial charge in [0.15, 0.2) is 6.61 Å². The summed E-state index contributed by atoms with van der Waals surface area (Å²) < 4.78 is 15.6. The molecule has 2 aromatic carbocycles. The molecule has 0 unspecified atom stereocenters. The van der Waals surface area contributed by atoms with Crippen LogP contribution >= 0.6 is 0 Å². The van der Waals surface area contributed by atoms with E-state index in [1.54, 1.807) is 42.5 Å². The lowest BCUT2D eigenvalue weighted by Crippen LogP contribution is -2.20. The number of nitrogens with zero attached hydrogens (tertiary/aromatic N) is 1. The summed E-state index contributed by atoms with van der Waals surface area (Å²) in [5.41, 5.74) is 1.60. The summed E-state index contributed by atoms with van der Waals surface area (Å²) in [4.78, 5) is 23.3. The molecule has 138 valence electrons. The quantitative estimate of drug-likeness (QED) is 0.236. The molecule has 1 N–H and O–H groups in total. The van der Waals surface area contributed by atoms with Crippen LogP contribution < -0.4 is 10.4 Å². The number of rotatable bonds is 6. The van der Waals surface area contributed by atoms with E-state index in [1.807, 2.05) is 13.0 Å². The van der Waals surface area contributed by atoms with Crippen LogP contribution in [0.5, 0.6) is 5.75 Å². The SMILES string of the molecule is Cc1cc(=O)oc2cc(OCC(=O)OC/C(=N/O)c3ccccc3)ccc12. The Hall–Kier alpha value is -3.61. The molecule has 0 fully saturated rings. The number of benzene rings is 2. The molecule has 1 heterocycles. The Labute approximate surface area is 154 Å². The van der Waals surface area contributed by atoms with Crippen molar-refractivity contribution in [2.24, 2.45) is 5.16 Å². The fourth-order valence-electron chi connectivity index (χ4n) is 2.53. The van der Waals surface area contributed by atoms with Gasteiger partial charge in [-0.15, -0.1) is 0 Å². The average Bonchev–Trinajstić information content (AvgIpc) is 2.67. The van der Waals surface area contributed by atoms with E-state index >= 15 is 0 Å². The first-order valence-corrected chi connectivity index (χ1v) is 8.16. The summed E-state index contributed by atoms with van der Waals surface area (Å²) in [7, 11) is 0. The van der Waals surface area contributed by atoms with Crippen molar-refractivity contribution in [3.8, 4) is 5.75 Å². The highest BCUT2D eigenvalue weighted by Gasteiger charge is 2.10. The van der Waals surface area contributed by atoms with Crippen LogP contribution in [0.15, 0.2) is 69.0 Å². The third-order valence-corrected chi connectivity index (χ3v) is 3.88. The Bertz CT molecular complexity index is 1040. The van der Waals surface area contributed by atoms with E-state index in [4.69, 9.17) is 19.1 Å². The largest absolute Gasteiger partial charge is 0.482 e. The molecular weight excluding hydrogens is 350 g/mol. The molecule has 27 heavy (non-hydrogen) atoms. The second kappa shape index (κ2) is 8.18. The first kappa shape index (κ1) is 18.2. The number of oxime groups is 1. The number of esters is 1. The van der Waals surface area contributed by atoms with Crippen LogP contribution in [-0.4, -0.2) is 30.1 Å². The minimum Gasteiger partial charge on any atom is -0.482 e. The van der Waals surface area contributed by atoms with Gasteiger partial charge in [0, 0.05) is 23.1 Å². The van der Waals surface area contributed by atoms with E-state index in [0.717, 1.165) is 10.9 Å². The zero-order valence-corrected chi connectivity index (χ0v) is 14.5. The number of ether oxygens (including phenoxy) is 2. The molecule has 0 radical (unpaired) electrons. The van der Waals surface area contributed by atoms with Crippen LogP contribution in [0.2, 0.25) is 0 Å². The number of aryl methyl sites for hydroxylation is 1. The predicted octanol–water partition coefficient (Wildman–Crippen LogP) is 2.90. The predicted molar refractivity (Wildman–Crippen MR) is 98.4 cm³/mol. The minimum atomic E-state index is -0.627. The van der Waals surface area contributed by atoms with Gasteiger partial charge in [-0.05, 0) is 24.6 Å². The number of hydrogen-bond acceptors (Lipinski definition) is 7. The third-order valence-electron chi connectivity index (χ3n) is 3.88. The lowest BCUT2D eigenvalue weighted by Gasteiger charge is -2.09. The lowest BCUT2D eigenvalue weighted by atomic mass is 10.1. The Morgan fingerprint density at radius 3 is 2.63 bits per heavy atom. The van der Waals surface area contributed by atoms with Gasteiger partial charge in [0.1, 0.15) is 23.7 Å². The van der Waals surface area contributed by atoms with Gasteiger partial charge in [-0.2, -0.15) is 0 Å². The molecule has 7 nitrogen and oxygen atoms in total.